The Hall–Kier alpha value is -2.03. The minimum atomic E-state index is 0.0775. The summed E-state index contributed by atoms with van der Waals surface area (Å²) in [6, 6.07) is 9.50. The Kier molecular flexibility index (Phi) is 1.72. The Balaban J connectivity index is 2.47. The lowest BCUT2D eigenvalue weighted by Crippen LogP contribution is -2.25. The molecule has 0 saturated carbocycles. The summed E-state index contributed by atoms with van der Waals surface area (Å²) < 4.78 is 0. The van der Waals surface area contributed by atoms with Crippen LogP contribution in [0.15, 0.2) is 30.3 Å². The molecule has 0 atom stereocenters. The first-order valence-corrected chi connectivity index (χ1v) is 5.37. The van der Waals surface area contributed by atoms with Crippen molar-refractivity contribution in [2.75, 3.05) is 17.2 Å². The van der Waals surface area contributed by atoms with Crippen molar-refractivity contribution in [3.8, 4) is 0 Å². The molecule has 0 radical (unpaired) electrons. The minimum Gasteiger partial charge on any atom is -0.398 e. The molecule has 0 aliphatic carbocycles. The van der Waals surface area contributed by atoms with E-state index >= 15 is 0 Å². The highest BCUT2D eigenvalue weighted by atomic mass is 16.2. The van der Waals surface area contributed by atoms with Gasteiger partial charge in [0.25, 0.3) is 5.91 Å². The molecule has 1 heterocycles. The molecule has 80 valence electrons. The van der Waals surface area contributed by atoms with Crippen molar-refractivity contribution < 1.29 is 4.79 Å². The number of carbonyl (C=O) groups is 1. The summed E-state index contributed by atoms with van der Waals surface area (Å²) in [4.78, 5) is 13.9. The van der Waals surface area contributed by atoms with Crippen LogP contribution in [0.5, 0.6) is 0 Å². The summed E-state index contributed by atoms with van der Waals surface area (Å²) in [6.07, 6.45) is 0. The van der Waals surface area contributed by atoms with Gasteiger partial charge in [-0.15, -0.1) is 0 Å². The lowest BCUT2D eigenvalue weighted by molar-refractivity contribution is 0.0994. The Bertz CT molecular complexity index is 604. The lowest BCUT2D eigenvalue weighted by Gasteiger charge is -2.14. The van der Waals surface area contributed by atoms with Gasteiger partial charge < -0.3 is 10.6 Å². The second-order valence-electron chi connectivity index (χ2n) is 3.95. The van der Waals surface area contributed by atoms with E-state index < -0.39 is 0 Å². The van der Waals surface area contributed by atoms with Crippen molar-refractivity contribution in [1.29, 1.82) is 0 Å². The fourth-order valence-electron chi connectivity index (χ4n) is 2.38. The molecule has 2 aromatic rings. The maximum Gasteiger partial charge on any atom is 0.258 e. The van der Waals surface area contributed by atoms with Gasteiger partial charge >= 0.3 is 0 Å². The molecule has 0 fully saturated rings. The molecule has 3 nitrogen and oxygen atoms in total. The van der Waals surface area contributed by atoms with Crippen LogP contribution >= 0.6 is 0 Å². The Labute approximate surface area is 93.5 Å². The van der Waals surface area contributed by atoms with E-state index in [1.54, 1.807) is 11.0 Å². The van der Waals surface area contributed by atoms with E-state index in [1.807, 2.05) is 31.2 Å². The van der Waals surface area contributed by atoms with Crippen LogP contribution in [-0.2, 0) is 0 Å². The van der Waals surface area contributed by atoms with Crippen LogP contribution in [0.25, 0.3) is 10.8 Å². The van der Waals surface area contributed by atoms with Gasteiger partial charge in [-0.25, -0.2) is 0 Å². The van der Waals surface area contributed by atoms with Crippen molar-refractivity contribution in [1.82, 2.24) is 0 Å². The van der Waals surface area contributed by atoms with E-state index in [1.165, 1.54) is 0 Å². The van der Waals surface area contributed by atoms with Crippen molar-refractivity contribution >= 4 is 28.1 Å². The van der Waals surface area contributed by atoms with Crippen molar-refractivity contribution in [3.63, 3.8) is 0 Å². The largest absolute Gasteiger partial charge is 0.398 e. The molecule has 1 aliphatic rings. The fraction of sp³-hybridized carbons (Fsp3) is 0.154. The van der Waals surface area contributed by atoms with Crippen LogP contribution < -0.4 is 10.6 Å². The highest BCUT2D eigenvalue weighted by Gasteiger charge is 2.28. The van der Waals surface area contributed by atoms with Gasteiger partial charge in [0, 0.05) is 28.6 Å². The number of carbonyl (C=O) groups excluding carboxylic acids is 1. The molecule has 1 amide bonds. The summed E-state index contributed by atoms with van der Waals surface area (Å²) in [5.74, 6) is 0.0775. The van der Waals surface area contributed by atoms with E-state index in [0.29, 0.717) is 6.54 Å². The molecular formula is C13H12N2O. The van der Waals surface area contributed by atoms with Crippen LogP contribution in [0.3, 0.4) is 0 Å². The van der Waals surface area contributed by atoms with E-state index in [-0.39, 0.29) is 5.91 Å². The predicted molar refractivity (Wildman–Crippen MR) is 65.7 cm³/mol. The summed E-state index contributed by atoms with van der Waals surface area (Å²) in [7, 11) is 0. The second-order valence-corrected chi connectivity index (χ2v) is 3.95. The standard InChI is InChI=1S/C13H12N2O/c1-2-15-11-5-3-4-8-10(14)7-6-9(12(8)11)13(15)16/h3-7H,2,14H2,1H3. The quantitative estimate of drug-likeness (QED) is 0.738. The zero-order valence-electron chi connectivity index (χ0n) is 9.03. The molecule has 2 aromatic carbocycles. The van der Waals surface area contributed by atoms with Crippen LogP contribution in [0.2, 0.25) is 0 Å². The van der Waals surface area contributed by atoms with E-state index in [9.17, 15) is 4.79 Å². The van der Waals surface area contributed by atoms with Crippen LogP contribution in [0, 0.1) is 0 Å². The maximum atomic E-state index is 12.1. The van der Waals surface area contributed by atoms with E-state index in [0.717, 1.165) is 27.7 Å². The molecule has 0 saturated heterocycles. The average Bonchev–Trinajstić information content (AvgIpc) is 2.57. The summed E-state index contributed by atoms with van der Waals surface area (Å²) in [5.41, 5.74) is 8.40. The summed E-state index contributed by atoms with van der Waals surface area (Å²) in [5, 5.41) is 1.97. The third-order valence-corrected chi connectivity index (χ3v) is 3.13. The van der Waals surface area contributed by atoms with Gasteiger partial charge in [-0.3, -0.25) is 4.79 Å². The highest BCUT2D eigenvalue weighted by molar-refractivity contribution is 6.26. The smallest absolute Gasteiger partial charge is 0.258 e. The number of nitrogens with zero attached hydrogens (tertiary/aromatic N) is 1. The van der Waals surface area contributed by atoms with Crippen molar-refractivity contribution in [2.45, 2.75) is 6.92 Å². The average molecular weight is 212 g/mol. The Morgan fingerprint density at radius 3 is 2.81 bits per heavy atom. The zero-order chi connectivity index (χ0) is 11.3. The molecule has 3 rings (SSSR count). The number of anilines is 2. The van der Waals surface area contributed by atoms with Gasteiger partial charge in [0.1, 0.15) is 0 Å². The molecular weight excluding hydrogens is 200 g/mol. The fourth-order valence-corrected chi connectivity index (χ4v) is 2.38. The van der Waals surface area contributed by atoms with Gasteiger partial charge in [-0.05, 0) is 25.1 Å². The number of benzene rings is 2. The molecule has 0 bridgehead atoms. The maximum absolute atomic E-state index is 12.1. The van der Waals surface area contributed by atoms with E-state index in [4.69, 9.17) is 5.73 Å². The SMILES string of the molecule is CCN1C(=O)c2ccc(N)c3cccc1c23. The highest BCUT2D eigenvalue weighted by Crippen LogP contribution is 2.39. The van der Waals surface area contributed by atoms with Gasteiger partial charge in [0.15, 0.2) is 0 Å². The van der Waals surface area contributed by atoms with Gasteiger partial charge in [-0.1, -0.05) is 12.1 Å². The number of nitrogen functional groups attached to an aromatic ring is 1. The third-order valence-electron chi connectivity index (χ3n) is 3.13. The molecule has 0 unspecified atom stereocenters. The number of hydrogen-bond donors (Lipinski definition) is 1. The van der Waals surface area contributed by atoms with E-state index in [2.05, 4.69) is 0 Å². The first-order chi connectivity index (χ1) is 7.74. The third kappa shape index (κ3) is 0.949. The normalized spacial score (nSPS) is 13.8. The molecule has 2 N–H and O–H groups in total. The number of amides is 1. The van der Waals surface area contributed by atoms with Crippen LogP contribution in [0.4, 0.5) is 11.4 Å². The number of hydrogen-bond acceptors (Lipinski definition) is 2. The van der Waals surface area contributed by atoms with Gasteiger partial charge in [-0.2, -0.15) is 0 Å². The lowest BCUT2D eigenvalue weighted by atomic mass is 10.0. The second kappa shape index (κ2) is 2.98. The summed E-state index contributed by atoms with van der Waals surface area (Å²) >= 11 is 0. The minimum absolute atomic E-state index is 0.0775. The number of rotatable bonds is 1. The Morgan fingerprint density at radius 2 is 2.06 bits per heavy atom. The number of nitrogens with two attached hydrogens (primary N) is 1. The molecule has 0 spiro atoms. The van der Waals surface area contributed by atoms with Crippen LogP contribution in [0.1, 0.15) is 17.3 Å². The first-order valence-electron chi connectivity index (χ1n) is 5.37. The topological polar surface area (TPSA) is 46.3 Å². The Morgan fingerprint density at radius 1 is 1.25 bits per heavy atom. The van der Waals surface area contributed by atoms with Crippen LogP contribution in [-0.4, -0.2) is 12.5 Å². The molecule has 16 heavy (non-hydrogen) atoms. The molecule has 0 aromatic heterocycles. The monoisotopic (exact) mass is 212 g/mol. The van der Waals surface area contributed by atoms with Crippen molar-refractivity contribution in [2.24, 2.45) is 0 Å². The van der Waals surface area contributed by atoms with Gasteiger partial charge in [0.05, 0.1) is 5.69 Å². The molecule has 1 aliphatic heterocycles. The predicted octanol–water partition coefficient (Wildman–Crippen LogP) is 2.40. The molecule has 3 heteroatoms. The zero-order valence-corrected chi connectivity index (χ0v) is 9.03. The van der Waals surface area contributed by atoms with Crippen molar-refractivity contribution in [3.05, 3.63) is 35.9 Å². The van der Waals surface area contributed by atoms with Gasteiger partial charge in [0.2, 0.25) is 0 Å². The summed E-state index contributed by atoms with van der Waals surface area (Å²) in [6.45, 7) is 2.67. The first kappa shape index (κ1) is 9.21.